The van der Waals surface area contributed by atoms with Crippen molar-refractivity contribution in [3.05, 3.63) is 18.6 Å². The zero-order valence-electron chi connectivity index (χ0n) is 4.61. The van der Waals surface area contributed by atoms with Crippen molar-refractivity contribution >= 4 is 0 Å². The Morgan fingerprint density at radius 2 is 2.43 bits per heavy atom. The molecule has 0 amide bonds. The lowest BCUT2D eigenvalue weighted by Crippen LogP contribution is -1.91. The fourth-order valence-electron chi connectivity index (χ4n) is 0.905. The number of hydrogen-bond donors (Lipinski definition) is 0. The molecular weight excluding hydrogens is 84.1 g/mol. The Labute approximate surface area is 45.2 Å². The Kier molecular flexibility index (Phi) is 1.50. The average Bonchev–Trinajstić information content (AvgIpc) is 1.69. The third-order valence-electron chi connectivity index (χ3n) is 1.37. The molecule has 1 radical (unpaired) electrons. The van der Waals surface area contributed by atoms with Crippen molar-refractivity contribution in [1.29, 1.82) is 0 Å². The van der Waals surface area contributed by atoms with E-state index in [-0.39, 0.29) is 0 Å². The lowest BCUT2D eigenvalue weighted by Gasteiger charge is -2.09. The monoisotopic (exact) mass is 95.1 g/mol. The van der Waals surface area contributed by atoms with Crippen LogP contribution < -0.4 is 0 Å². The Balaban J connectivity index is 2.25. The van der Waals surface area contributed by atoms with Crippen molar-refractivity contribution in [3.8, 4) is 0 Å². The quantitative estimate of drug-likeness (QED) is 0.405. The fraction of sp³-hybridized carbons (Fsp3) is 0.571. The minimum atomic E-state index is 1.17. The first-order valence-corrected chi connectivity index (χ1v) is 2.88. The number of allylic oxidation sites excluding steroid dienone is 1. The van der Waals surface area contributed by atoms with Gasteiger partial charge in [-0.2, -0.15) is 0 Å². The van der Waals surface area contributed by atoms with Gasteiger partial charge in [0, 0.05) is 0 Å². The highest BCUT2D eigenvalue weighted by molar-refractivity contribution is 5.01. The van der Waals surface area contributed by atoms with Gasteiger partial charge in [-0.25, -0.2) is 0 Å². The van der Waals surface area contributed by atoms with Gasteiger partial charge in [-0.1, -0.05) is 12.2 Å². The maximum Gasteiger partial charge on any atom is -0.0292 e. The lowest BCUT2D eigenvalue weighted by molar-refractivity contribution is 0.708. The van der Waals surface area contributed by atoms with Crippen LogP contribution >= 0.6 is 0 Å². The van der Waals surface area contributed by atoms with Crippen molar-refractivity contribution in [2.24, 2.45) is 0 Å². The second-order valence-electron chi connectivity index (χ2n) is 2.14. The van der Waals surface area contributed by atoms with Crippen molar-refractivity contribution < 1.29 is 0 Å². The first-order chi connectivity index (χ1) is 3.39. The van der Waals surface area contributed by atoms with E-state index in [1.165, 1.54) is 31.3 Å². The summed E-state index contributed by atoms with van der Waals surface area (Å²) in [4.78, 5) is 0. The molecular formula is C7H11. The van der Waals surface area contributed by atoms with Gasteiger partial charge in [-0.15, -0.1) is 0 Å². The van der Waals surface area contributed by atoms with Gasteiger partial charge in [0.15, 0.2) is 0 Å². The second-order valence-corrected chi connectivity index (χ2v) is 2.14. The summed E-state index contributed by atoms with van der Waals surface area (Å²) in [5.74, 6) is 0. The third-order valence-corrected chi connectivity index (χ3v) is 1.37. The molecule has 0 unspecified atom stereocenters. The van der Waals surface area contributed by atoms with Crippen LogP contribution in [0.5, 0.6) is 0 Å². The molecule has 0 N–H and O–H groups in total. The Morgan fingerprint density at radius 3 is 2.71 bits per heavy atom. The molecule has 0 atom stereocenters. The highest BCUT2D eigenvalue weighted by Crippen LogP contribution is 2.19. The molecule has 0 heterocycles. The molecule has 0 aliphatic heterocycles. The van der Waals surface area contributed by atoms with Crippen LogP contribution in [-0.2, 0) is 0 Å². The van der Waals surface area contributed by atoms with E-state index in [2.05, 4.69) is 13.0 Å². The summed E-state index contributed by atoms with van der Waals surface area (Å²) >= 11 is 0. The van der Waals surface area contributed by atoms with Crippen LogP contribution in [0.15, 0.2) is 12.2 Å². The van der Waals surface area contributed by atoms with Gasteiger partial charge in [0.1, 0.15) is 0 Å². The van der Waals surface area contributed by atoms with Crippen LogP contribution in [0.4, 0.5) is 0 Å². The maximum atomic E-state index is 3.88. The van der Waals surface area contributed by atoms with E-state index in [0.29, 0.717) is 0 Å². The first kappa shape index (κ1) is 4.89. The molecule has 1 fully saturated rings. The molecule has 1 aliphatic rings. The van der Waals surface area contributed by atoms with Gasteiger partial charge in [0.25, 0.3) is 0 Å². The van der Waals surface area contributed by atoms with E-state index >= 15 is 0 Å². The van der Waals surface area contributed by atoms with E-state index in [4.69, 9.17) is 0 Å². The van der Waals surface area contributed by atoms with Crippen molar-refractivity contribution in [1.82, 2.24) is 0 Å². The van der Waals surface area contributed by atoms with Crippen LogP contribution in [0.1, 0.15) is 25.7 Å². The van der Waals surface area contributed by atoms with Crippen LogP contribution in [0.25, 0.3) is 0 Å². The summed E-state index contributed by atoms with van der Waals surface area (Å²) in [5.41, 5.74) is 1.41. The van der Waals surface area contributed by atoms with E-state index in [1.807, 2.05) is 0 Å². The van der Waals surface area contributed by atoms with E-state index < -0.39 is 0 Å². The summed E-state index contributed by atoms with van der Waals surface area (Å²) in [6, 6.07) is 0. The van der Waals surface area contributed by atoms with Crippen LogP contribution in [0.3, 0.4) is 0 Å². The number of rotatable bonds is 0. The lowest BCUT2D eigenvalue weighted by atomic mass is 9.97. The highest BCUT2D eigenvalue weighted by Gasteiger charge is 2.00. The first-order valence-electron chi connectivity index (χ1n) is 2.88. The molecule has 0 heteroatoms. The van der Waals surface area contributed by atoms with Crippen LogP contribution in [0, 0.1) is 6.42 Å². The summed E-state index contributed by atoms with van der Waals surface area (Å²) in [5, 5.41) is 0. The predicted molar refractivity (Wildman–Crippen MR) is 31.9 cm³/mol. The third kappa shape index (κ3) is 1.34. The highest BCUT2D eigenvalue weighted by atomic mass is 14.1. The molecule has 7 heavy (non-hydrogen) atoms. The molecule has 0 aromatic heterocycles. The summed E-state index contributed by atoms with van der Waals surface area (Å²) in [6.07, 6.45) is 7.38. The molecule has 1 saturated carbocycles. The normalized spacial score (nSPS) is 22.6. The second kappa shape index (κ2) is 2.15. The van der Waals surface area contributed by atoms with Crippen molar-refractivity contribution in [3.63, 3.8) is 0 Å². The Bertz CT molecular complexity index is 64.1. The fourth-order valence-corrected chi connectivity index (χ4v) is 0.905. The van der Waals surface area contributed by atoms with Gasteiger partial charge in [-0.05, 0) is 32.1 Å². The van der Waals surface area contributed by atoms with Gasteiger partial charge in [0.05, 0.1) is 0 Å². The summed E-state index contributed by atoms with van der Waals surface area (Å²) in [7, 11) is 0. The van der Waals surface area contributed by atoms with E-state index in [1.54, 1.807) is 0 Å². The standard InChI is InChI=1S/C7H11/c1-7-5-3-2-4-6-7/h3H,1-2,4-6H2. The summed E-state index contributed by atoms with van der Waals surface area (Å²) < 4.78 is 0. The molecule has 0 aromatic rings. The van der Waals surface area contributed by atoms with Gasteiger partial charge in [-0.3, -0.25) is 0 Å². The maximum absolute atomic E-state index is 3.88. The van der Waals surface area contributed by atoms with E-state index in [0.717, 1.165) is 0 Å². The van der Waals surface area contributed by atoms with Gasteiger partial charge < -0.3 is 0 Å². The molecule has 39 valence electrons. The molecule has 1 rings (SSSR count). The largest absolute Gasteiger partial charge is 0.0999 e. The zero-order valence-corrected chi connectivity index (χ0v) is 4.61. The zero-order chi connectivity index (χ0) is 5.11. The predicted octanol–water partition coefficient (Wildman–Crippen LogP) is 2.32. The van der Waals surface area contributed by atoms with E-state index in [9.17, 15) is 0 Å². The van der Waals surface area contributed by atoms with Crippen LogP contribution in [-0.4, -0.2) is 0 Å². The molecule has 1 aliphatic carbocycles. The molecule has 0 saturated heterocycles. The van der Waals surface area contributed by atoms with Gasteiger partial charge >= 0.3 is 0 Å². The molecule has 0 aromatic carbocycles. The minimum Gasteiger partial charge on any atom is -0.0999 e. The smallest absolute Gasteiger partial charge is 0.0292 e. The number of hydrogen-bond acceptors (Lipinski definition) is 0. The molecule has 0 nitrogen and oxygen atoms in total. The average molecular weight is 95.2 g/mol. The Morgan fingerprint density at radius 1 is 1.57 bits per heavy atom. The summed E-state index contributed by atoms with van der Waals surface area (Å²) in [6.45, 7) is 3.88. The topological polar surface area (TPSA) is 0 Å². The SMILES string of the molecule is C=C1C[CH]CCC1. The molecule has 0 spiro atoms. The van der Waals surface area contributed by atoms with Gasteiger partial charge in [0.2, 0.25) is 0 Å². The minimum absolute atomic E-state index is 1.17. The van der Waals surface area contributed by atoms with Crippen molar-refractivity contribution in [2.75, 3.05) is 0 Å². The molecule has 0 bridgehead atoms. The van der Waals surface area contributed by atoms with Crippen molar-refractivity contribution in [2.45, 2.75) is 25.7 Å². The van der Waals surface area contributed by atoms with Crippen LogP contribution in [0.2, 0.25) is 0 Å². The Hall–Kier alpha value is -0.260.